The maximum absolute atomic E-state index is 12.9. The summed E-state index contributed by atoms with van der Waals surface area (Å²) in [5, 5.41) is 3.41. The van der Waals surface area contributed by atoms with Crippen molar-refractivity contribution in [1.82, 2.24) is 15.1 Å². The fourth-order valence-electron chi connectivity index (χ4n) is 3.35. The monoisotopic (exact) mass is 253 g/mol. The Morgan fingerprint density at radius 2 is 2.22 bits per heavy atom. The average Bonchev–Trinajstić information content (AvgIpc) is 2.39. The third kappa shape index (κ3) is 2.54. The molecule has 0 saturated carbocycles. The second kappa shape index (κ2) is 5.57. The van der Waals surface area contributed by atoms with E-state index in [1.54, 1.807) is 0 Å². The van der Waals surface area contributed by atoms with Gasteiger partial charge in [-0.2, -0.15) is 0 Å². The van der Waals surface area contributed by atoms with Gasteiger partial charge in [0.05, 0.1) is 5.41 Å². The van der Waals surface area contributed by atoms with Crippen LogP contribution >= 0.6 is 0 Å². The van der Waals surface area contributed by atoms with E-state index in [0.29, 0.717) is 11.9 Å². The third-order valence-electron chi connectivity index (χ3n) is 4.69. The van der Waals surface area contributed by atoms with Gasteiger partial charge in [0.1, 0.15) is 0 Å². The standard InChI is InChI=1S/C14H27N3O/c1-4-14(6-5-7-15-11-14)13(18)17-9-8-16(3)10-12(17)2/h12,15H,4-11H2,1-3H3. The molecular weight excluding hydrogens is 226 g/mol. The molecule has 2 saturated heterocycles. The number of carbonyl (C=O) groups excluding carboxylic acids is 1. The van der Waals surface area contributed by atoms with Crippen LogP contribution in [0.2, 0.25) is 0 Å². The highest BCUT2D eigenvalue weighted by Crippen LogP contribution is 2.33. The van der Waals surface area contributed by atoms with Gasteiger partial charge in [-0.15, -0.1) is 0 Å². The van der Waals surface area contributed by atoms with E-state index in [1.807, 2.05) is 0 Å². The van der Waals surface area contributed by atoms with Crippen molar-refractivity contribution in [1.29, 1.82) is 0 Å². The number of hydrogen-bond donors (Lipinski definition) is 1. The molecule has 104 valence electrons. The molecule has 2 fully saturated rings. The first-order valence-corrected chi connectivity index (χ1v) is 7.29. The molecular formula is C14H27N3O. The van der Waals surface area contributed by atoms with Gasteiger partial charge >= 0.3 is 0 Å². The fraction of sp³-hybridized carbons (Fsp3) is 0.929. The van der Waals surface area contributed by atoms with Crippen LogP contribution in [-0.2, 0) is 4.79 Å². The van der Waals surface area contributed by atoms with Gasteiger partial charge in [-0.1, -0.05) is 6.92 Å². The Morgan fingerprint density at radius 3 is 2.78 bits per heavy atom. The lowest BCUT2D eigenvalue weighted by atomic mass is 9.76. The van der Waals surface area contributed by atoms with Gasteiger partial charge < -0.3 is 15.1 Å². The topological polar surface area (TPSA) is 35.6 Å². The molecule has 1 N–H and O–H groups in total. The molecule has 2 atom stereocenters. The molecule has 18 heavy (non-hydrogen) atoms. The zero-order valence-corrected chi connectivity index (χ0v) is 12.0. The normalized spacial score (nSPS) is 34.6. The Balaban J connectivity index is 2.09. The number of carbonyl (C=O) groups is 1. The van der Waals surface area contributed by atoms with E-state index in [4.69, 9.17) is 0 Å². The SMILES string of the molecule is CCC1(C(=O)N2CCN(C)CC2C)CCCNC1. The minimum atomic E-state index is -0.136. The van der Waals surface area contributed by atoms with E-state index in [-0.39, 0.29) is 5.41 Å². The fourth-order valence-corrected chi connectivity index (χ4v) is 3.35. The van der Waals surface area contributed by atoms with Crippen molar-refractivity contribution < 1.29 is 4.79 Å². The highest BCUT2D eigenvalue weighted by molar-refractivity contribution is 5.83. The number of nitrogens with zero attached hydrogens (tertiary/aromatic N) is 2. The molecule has 2 heterocycles. The van der Waals surface area contributed by atoms with Crippen molar-refractivity contribution in [2.24, 2.45) is 5.41 Å². The van der Waals surface area contributed by atoms with Gasteiger partial charge in [0.15, 0.2) is 0 Å². The van der Waals surface area contributed by atoms with Crippen LogP contribution in [0.3, 0.4) is 0 Å². The molecule has 0 bridgehead atoms. The summed E-state index contributed by atoms with van der Waals surface area (Å²) in [6.07, 6.45) is 3.13. The first-order chi connectivity index (χ1) is 8.59. The lowest BCUT2D eigenvalue weighted by Crippen LogP contribution is -2.59. The lowest BCUT2D eigenvalue weighted by molar-refractivity contribution is -0.148. The maximum Gasteiger partial charge on any atom is 0.230 e. The predicted octanol–water partition coefficient (Wildman–Crippen LogP) is 0.929. The minimum Gasteiger partial charge on any atom is -0.337 e. The summed E-state index contributed by atoms with van der Waals surface area (Å²) in [6.45, 7) is 9.15. The highest BCUT2D eigenvalue weighted by Gasteiger charge is 2.42. The van der Waals surface area contributed by atoms with E-state index in [9.17, 15) is 4.79 Å². The summed E-state index contributed by atoms with van der Waals surface area (Å²) < 4.78 is 0. The Bertz CT molecular complexity index is 299. The summed E-state index contributed by atoms with van der Waals surface area (Å²) >= 11 is 0. The minimum absolute atomic E-state index is 0.136. The van der Waals surface area contributed by atoms with Gasteiger partial charge in [-0.25, -0.2) is 0 Å². The quantitative estimate of drug-likeness (QED) is 0.795. The Kier molecular flexibility index (Phi) is 4.28. The van der Waals surface area contributed by atoms with Crippen molar-refractivity contribution in [3.63, 3.8) is 0 Å². The number of likely N-dealkylation sites (N-methyl/N-ethyl adjacent to an activating group) is 1. The van der Waals surface area contributed by atoms with Gasteiger partial charge in [0.25, 0.3) is 0 Å². The van der Waals surface area contributed by atoms with Crippen molar-refractivity contribution in [2.75, 3.05) is 39.8 Å². The number of nitrogens with one attached hydrogen (secondary N) is 1. The second-order valence-electron chi connectivity index (χ2n) is 6.02. The molecule has 2 aliphatic heterocycles. The lowest BCUT2D eigenvalue weighted by Gasteiger charge is -2.45. The first kappa shape index (κ1) is 13.8. The Labute approximate surface area is 111 Å². The summed E-state index contributed by atoms with van der Waals surface area (Å²) in [5.74, 6) is 0.387. The van der Waals surface area contributed by atoms with E-state index < -0.39 is 0 Å². The predicted molar refractivity (Wildman–Crippen MR) is 73.5 cm³/mol. The molecule has 0 aromatic rings. The van der Waals surface area contributed by atoms with Crippen molar-refractivity contribution in [3.8, 4) is 0 Å². The summed E-state index contributed by atoms with van der Waals surface area (Å²) in [5.41, 5.74) is -0.136. The molecule has 2 unspecified atom stereocenters. The van der Waals surface area contributed by atoms with Crippen LogP contribution in [0.15, 0.2) is 0 Å². The number of rotatable bonds is 2. The largest absolute Gasteiger partial charge is 0.337 e. The zero-order chi connectivity index (χ0) is 13.2. The van der Waals surface area contributed by atoms with Crippen LogP contribution in [-0.4, -0.2) is 61.5 Å². The van der Waals surface area contributed by atoms with Crippen molar-refractivity contribution >= 4 is 5.91 Å². The van der Waals surface area contributed by atoms with Gasteiger partial charge in [-0.3, -0.25) is 4.79 Å². The number of amides is 1. The van der Waals surface area contributed by atoms with Crippen LogP contribution in [0, 0.1) is 5.41 Å². The van der Waals surface area contributed by atoms with E-state index in [1.165, 1.54) is 0 Å². The van der Waals surface area contributed by atoms with Crippen molar-refractivity contribution in [2.45, 2.75) is 39.2 Å². The Morgan fingerprint density at radius 1 is 1.44 bits per heavy atom. The zero-order valence-electron chi connectivity index (χ0n) is 12.0. The third-order valence-corrected chi connectivity index (χ3v) is 4.69. The van der Waals surface area contributed by atoms with Gasteiger partial charge in [0, 0.05) is 32.2 Å². The number of piperazine rings is 1. The smallest absolute Gasteiger partial charge is 0.230 e. The molecule has 4 heteroatoms. The Hall–Kier alpha value is -0.610. The molecule has 4 nitrogen and oxygen atoms in total. The van der Waals surface area contributed by atoms with Crippen LogP contribution in [0.5, 0.6) is 0 Å². The van der Waals surface area contributed by atoms with Crippen LogP contribution < -0.4 is 5.32 Å². The van der Waals surface area contributed by atoms with E-state index >= 15 is 0 Å². The summed E-state index contributed by atoms with van der Waals surface area (Å²) in [4.78, 5) is 17.3. The van der Waals surface area contributed by atoms with Crippen LogP contribution in [0.4, 0.5) is 0 Å². The number of piperidine rings is 1. The molecule has 0 radical (unpaired) electrons. The average molecular weight is 253 g/mol. The molecule has 0 spiro atoms. The van der Waals surface area contributed by atoms with Gasteiger partial charge in [0.2, 0.25) is 5.91 Å². The van der Waals surface area contributed by atoms with Crippen molar-refractivity contribution in [3.05, 3.63) is 0 Å². The molecule has 0 aliphatic carbocycles. The van der Waals surface area contributed by atoms with Crippen LogP contribution in [0.25, 0.3) is 0 Å². The second-order valence-corrected chi connectivity index (χ2v) is 6.02. The molecule has 1 amide bonds. The molecule has 0 aromatic heterocycles. The molecule has 2 aliphatic rings. The van der Waals surface area contributed by atoms with E-state index in [2.05, 4.69) is 36.0 Å². The number of hydrogen-bond acceptors (Lipinski definition) is 3. The van der Waals surface area contributed by atoms with Gasteiger partial charge in [-0.05, 0) is 39.8 Å². The molecule has 0 aromatic carbocycles. The summed E-state index contributed by atoms with van der Waals surface area (Å²) in [7, 11) is 2.13. The first-order valence-electron chi connectivity index (χ1n) is 7.29. The highest BCUT2D eigenvalue weighted by atomic mass is 16.2. The maximum atomic E-state index is 12.9. The molecule has 2 rings (SSSR count). The summed E-state index contributed by atoms with van der Waals surface area (Å²) in [6, 6.07) is 0.349. The van der Waals surface area contributed by atoms with Crippen LogP contribution in [0.1, 0.15) is 33.1 Å². The van der Waals surface area contributed by atoms with E-state index in [0.717, 1.165) is 52.0 Å².